The third-order valence-corrected chi connectivity index (χ3v) is 21.4. The van der Waals surface area contributed by atoms with E-state index in [2.05, 4.69) is 41.5 Å². The summed E-state index contributed by atoms with van der Waals surface area (Å²) in [7, 11) is 0. The fourth-order valence-corrected chi connectivity index (χ4v) is 18.7. The number of fused-ring (bicyclic) bond motifs is 10. The summed E-state index contributed by atoms with van der Waals surface area (Å²) in [6.07, 6.45) is 14.9. The molecule has 8 fully saturated rings. The lowest BCUT2D eigenvalue weighted by molar-refractivity contribution is -0.187. The van der Waals surface area contributed by atoms with E-state index in [0.29, 0.717) is 67.1 Å². The molecule has 0 radical (unpaired) electrons. The van der Waals surface area contributed by atoms with Crippen LogP contribution in [0.15, 0.2) is 0 Å². The van der Waals surface area contributed by atoms with E-state index in [1.165, 1.54) is 0 Å². The molecule has 0 aromatic rings. The van der Waals surface area contributed by atoms with Crippen LogP contribution in [-0.4, -0.2) is 66.5 Å². The van der Waals surface area contributed by atoms with Gasteiger partial charge in [0, 0.05) is 12.3 Å². The van der Waals surface area contributed by atoms with Crippen molar-refractivity contribution < 1.29 is 40.2 Å². The predicted octanol–water partition coefficient (Wildman–Crippen LogP) is 8.57. The van der Waals surface area contributed by atoms with Crippen molar-refractivity contribution in [3.05, 3.63) is 0 Å². The Morgan fingerprint density at radius 1 is 0.625 bits per heavy atom. The van der Waals surface area contributed by atoms with Gasteiger partial charge in [-0.15, -0.1) is 0 Å². The van der Waals surface area contributed by atoms with Gasteiger partial charge >= 0.3 is 11.9 Å². The predicted molar refractivity (Wildman–Crippen MR) is 215 cm³/mol. The van der Waals surface area contributed by atoms with E-state index in [1.54, 1.807) is 0 Å². The molecule has 8 aliphatic rings. The lowest BCUT2D eigenvalue weighted by atomic mass is 9.42. The van der Waals surface area contributed by atoms with Crippen molar-refractivity contribution in [3.63, 3.8) is 0 Å². The summed E-state index contributed by atoms with van der Waals surface area (Å²) in [4.78, 5) is 24.2. The monoisotopic (exact) mass is 783 g/mol. The molecule has 21 atom stereocenters. The highest BCUT2D eigenvalue weighted by Crippen LogP contribution is 2.72. The van der Waals surface area contributed by atoms with Crippen molar-refractivity contribution >= 4 is 11.9 Å². The molecule has 0 aromatic carbocycles. The molecular weight excluding hydrogens is 705 g/mol. The molecule has 8 aliphatic carbocycles. The third kappa shape index (κ3) is 6.31. The molecule has 6 unspecified atom stereocenters. The maximum atomic E-state index is 13.0. The smallest absolute Gasteiger partial charge is 0.303 e. The Labute approximate surface area is 337 Å². The summed E-state index contributed by atoms with van der Waals surface area (Å²) >= 11 is 0. The molecule has 56 heavy (non-hydrogen) atoms. The van der Waals surface area contributed by atoms with Crippen LogP contribution in [0.4, 0.5) is 0 Å². The average molecular weight is 783 g/mol. The molecule has 0 aliphatic heterocycles. The normalized spacial score (nSPS) is 53.9. The number of carboxylic acids is 2. The molecule has 0 bridgehead atoms. The summed E-state index contributed by atoms with van der Waals surface area (Å²) in [6, 6.07) is 0. The minimum absolute atomic E-state index is 0.00795. The Hall–Kier alpha value is -1.22. The number of hydrogen-bond acceptors (Lipinski definition) is 6. The van der Waals surface area contributed by atoms with Gasteiger partial charge in [-0.05, 0) is 202 Å². The van der Waals surface area contributed by atoms with Crippen molar-refractivity contribution in [1.82, 2.24) is 0 Å². The Morgan fingerprint density at radius 3 is 1.75 bits per heavy atom. The number of hydrogen-bond donors (Lipinski definition) is 6. The average Bonchev–Trinajstić information content (AvgIpc) is 3.58. The molecule has 8 nitrogen and oxygen atoms in total. The highest BCUT2D eigenvalue weighted by atomic mass is 16.4. The van der Waals surface area contributed by atoms with E-state index in [4.69, 9.17) is 0 Å². The van der Waals surface area contributed by atoms with E-state index in [-0.39, 0.29) is 82.2 Å². The molecular formula is C48H78O8. The van der Waals surface area contributed by atoms with Gasteiger partial charge < -0.3 is 30.6 Å². The lowest BCUT2D eigenvalue weighted by Crippen LogP contribution is -2.59. The summed E-state index contributed by atoms with van der Waals surface area (Å²) < 4.78 is 0. The van der Waals surface area contributed by atoms with Crippen LogP contribution < -0.4 is 0 Å². The standard InChI is InChI=1S/C48H78O8/c1-26(7-12-40(52)53)35-22-38(50)42-32-11-9-29-25-48(56,20-19-45(29,4)34(32)14-17-46(35,42)5)37(24-41(54)55)27(2)36-23-39(51)43-31-10-8-28-21-30(49)13-16-44(28,3)33(31)15-18-47(36,43)6/h26-39,42-43,49-51,56H,7-25H2,1-6H3,(H,52,53)(H,54,55)/t26-,27+,28?,29?,30-,31-,32?,33+,34?,35-,36-,37?,38-,39+,42?,43-,44+,45+,46-,47-,48+/m1/s1. The van der Waals surface area contributed by atoms with Crippen molar-refractivity contribution in [1.29, 1.82) is 0 Å². The van der Waals surface area contributed by atoms with Crippen LogP contribution in [-0.2, 0) is 9.59 Å². The Kier molecular flexibility index (Phi) is 10.7. The summed E-state index contributed by atoms with van der Waals surface area (Å²) in [6.45, 7) is 14.2. The molecule has 8 heteroatoms. The van der Waals surface area contributed by atoms with Gasteiger partial charge in [-0.25, -0.2) is 0 Å². The third-order valence-electron chi connectivity index (χ3n) is 21.4. The van der Waals surface area contributed by atoms with Crippen LogP contribution in [0.3, 0.4) is 0 Å². The van der Waals surface area contributed by atoms with Gasteiger partial charge in [0.2, 0.25) is 0 Å². The molecule has 8 saturated carbocycles. The summed E-state index contributed by atoms with van der Waals surface area (Å²) in [5.41, 5.74) is -0.903. The quantitative estimate of drug-likeness (QED) is 0.136. The van der Waals surface area contributed by atoms with Gasteiger partial charge in [0.25, 0.3) is 0 Å². The maximum Gasteiger partial charge on any atom is 0.303 e. The van der Waals surface area contributed by atoms with Crippen LogP contribution in [0.25, 0.3) is 0 Å². The fourth-order valence-electron chi connectivity index (χ4n) is 18.7. The van der Waals surface area contributed by atoms with Crippen molar-refractivity contribution in [2.75, 3.05) is 0 Å². The van der Waals surface area contributed by atoms with Gasteiger partial charge in [-0.3, -0.25) is 9.59 Å². The highest BCUT2D eigenvalue weighted by Gasteiger charge is 2.67. The van der Waals surface area contributed by atoms with Crippen LogP contribution >= 0.6 is 0 Å². The Balaban J connectivity index is 0.999. The second-order valence-corrected chi connectivity index (χ2v) is 23.3. The summed E-state index contributed by atoms with van der Waals surface area (Å²) in [5, 5.41) is 67.1. The zero-order chi connectivity index (χ0) is 40.3. The number of carboxylic acid groups (broad SMARTS) is 2. The Bertz CT molecular complexity index is 1500. The summed E-state index contributed by atoms with van der Waals surface area (Å²) in [5.74, 6) is 1.95. The van der Waals surface area contributed by atoms with Crippen molar-refractivity contribution in [2.24, 2.45) is 98.6 Å². The molecule has 6 N–H and O–H groups in total. The van der Waals surface area contributed by atoms with E-state index >= 15 is 0 Å². The minimum atomic E-state index is -1.07. The topological polar surface area (TPSA) is 156 Å². The van der Waals surface area contributed by atoms with Gasteiger partial charge in [-0.1, -0.05) is 41.5 Å². The van der Waals surface area contributed by atoms with Crippen LogP contribution in [0.1, 0.15) is 164 Å². The van der Waals surface area contributed by atoms with Crippen molar-refractivity contribution in [2.45, 2.75) is 187 Å². The minimum Gasteiger partial charge on any atom is -0.481 e. The molecule has 0 amide bonds. The number of aliphatic carboxylic acids is 2. The number of aliphatic hydroxyl groups excluding tert-OH is 3. The van der Waals surface area contributed by atoms with Crippen molar-refractivity contribution in [3.8, 4) is 0 Å². The maximum absolute atomic E-state index is 13.0. The molecule has 0 heterocycles. The SMILES string of the molecule is C[C@H](CCC(=O)O)[C@H]1C[C@@H](O)C2C3CCC4C[C@](O)(C(CC(=O)O)[C@@H](C)[C@H]5C[C@H](O)[C@H]6[C@@H]7CCC8C[C@H](O)CC[C@]8(C)[C@H]7CC[C@@]65C)CC[C@]4(C)C3CC[C@@]21C. The zero-order valence-corrected chi connectivity index (χ0v) is 35.7. The van der Waals surface area contributed by atoms with E-state index < -0.39 is 23.6 Å². The first-order chi connectivity index (χ1) is 26.3. The number of rotatable bonds is 9. The number of aliphatic hydroxyl groups is 4. The van der Waals surface area contributed by atoms with Gasteiger partial charge in [-0.2, -0.15) is 0 Å². The largest absolute Gasteiger partial charge is 0.481 e. The van der Waals surface area contributed by atoms with Gasteiger partial charge in [0.15, 0.2) is 0 Å². The van der Waals surface area contributed by atoms with Crippen LogP contribution in [0.2, 0.25) is 0 Å². The first-order valence-corrected chi connectivity index (χ1v) is 23.5. The highest BCUT2D eigenvalue weighted by molar-refractivity contribution is 5.67. The first kappa shape index (κ1) is 41.5. The molecule has 0 saturated heterocycles. The van der Waals surface area contributed by atoms with Gasteiger partial charge in [0.05, 0.1) is 30.3 Å². The van der Waals surface area contributed by atoms with E-state index in [0.717, 1.165) is 83.5 Å². The number of carbonyl (C=O) groups is 2. The molecule has 8 rings (SSSR count). The fraction of sp³-hybridized carbons (Fsp3) is 0.958. The van der Waals surface area contributed by atoms with Crippen LogP contribution in [0.5, 0.6) is 0 Å². The van der Waals surface area contributed by atoms with Crippen LogP contribution in [0, 0.1) is 98.6 Å². The van der Waals surface area contributed by atoms with E-state index in [9.17, 15) is 40.2 Å². The zero-order valence-electron chi connectivity index (χ0n) is 35.7. The Morgan fingerprint density at radius 2 is 1.16 bits per heavy atom. The van der Waals surface area contributed by atoms with Gasteiger partial charge in [0.1, 0.15) is 0 Å². The second kappa shape index (κ2) is 14.5. The molecule has 318 valence electrons. The first-order valence-electron chi connectivity index (χ1n) is 23.5. The molecule has 0 spiro atoms. The second-order valence-electron chi connectivity index (χ2n) is 23.3. The van der Waals surface area contributed by atoms with E-state index in [1.807, 2.05) is 0 Å². The molecule has 0 aromatic heterocycles. The lowest BCUT2D eigenvalue weighted by Gasteiger charge is -2.63.